The number of ether oxygens (including phenoxy) is 2. The minimum absolute atomic E-state index is 0.552. The molecule has 0 saturated carbocycles. The fourth-order valence-corrected chi connectivity index (χ4v) is 2.46. The minimum atomic E-state index is -0.647. The van der Waals surface area contributed by atoms with Crippen molar-refractivity contribution in [1.29, 1.82) is 0 Å². The Morgan fingerprint density at radius 3 is 2.50 bits per heavy atom. The predicted molar refractivity (Wildman–Crippen MR) is 77.4 cm³/mol. The van der Waals surface area contributed by atoms with E-state index in [0.717, 1.165) is 28.0 Å². The molecule has 1 aliphatic rings. The van der Waals surface area contributed by atoms with E-state index in [4.69, 9.17) is 9.47 Å². The number of benzene rings is 2. The molecule has 104 valence electrons. The van der Waals surface area contributed by atoms with Crippen molar-refractivity contribution in [3.05, 3.63) is 58.7 Å². The van der Waals surface area contributed by atoms with Crippen LogP contribution < -0.4 is 9.47 Å². The van der Waals surface area contributed by atoms with Gasteiger partial charge in [-0.25, -0.2) is 0 Å². The lowest BCUT2D eigenvalue weighted by Crippen LogP contribution is -2.15. The molecule has 1 heterocycles. The number of aryl methyl sites for hydroxylation is 2. The summed E-state index contributed by atoms with van der Waals surface area (Å²) in [5.74, 6) is 1.45. The van der Waals surface area contributed by atoms with Crippen molar-refractivity contribution in [2.45, 2.75) is 20.0 Å². The fourth-order valence-electron chi connectivity index (χ4n) is 2.46. The molecule has 0 spiro atoms. The van der Waals surface area contributed by atoms with Gasteiger partial charge in [0.1, 0.15) is 19.3 Å². The summed E-state index contributed by atoms with van der Waals surface area (Å²) in [4.78, 5) is 0. The van der Waals surface area contributed by atoms with Crippen molar-refractivity contribution in [3.63, 3.8) is 0 Å². The van der Waals surface area contributed by atoms with Crippen LogP contribution in [0.1, 0.15) is 28.4 Å². The SMILES string of the molecule is Cc1ccc(C)c(C(O)c2ccc3c(c2)OCCO3)c1. The van der Waals surface area contributed by atoms with Gasteiger partial charge in [-0.15, -0.1) is 0 Å². The smallest absolute Gasteiger partial charge is 0.161 e. The summed E-state index contributed by atoms with van der Waals surface area (Å²) in [6, 6.07) is 11.7. The van der Waals surface area contributed by atoms with Crippen LogP contribution in [0.25, 0.3) is 0 Å². The summed E-state index contributed by atoms with van der Waals surface area (Å²) in [5.41, 5.74) is 3.98. The van der Waals surface area contributed by atoms with Gasteiger partial charge in [0.2, 0.25) is 0 Å². The average molecular weight is 270 g/mol. The van der Waals surface area contributed by atoms with Gasteiger partial charge in [0.05, 0.1) is 0 Å². The molecular weight excluding hydrogens is 252 g/mol. The quantitative estimate of drug-likeness (QED) is 0.911. The molecule has 1 atom stereocenters. The van der Waals surface area contributed by atoms with Gasteiger partial charge in [0.15, 0.2) is 11.5 Å². The fraction of sp³-hybridized carbons (Fsp3) is 0.294. The summed E-state index contributed by atoms with van der Waals surface area (Å²) in [5, 5.41) is 10.6. The van der Waals surface area contributed by atoms with Gasteiger partial charge >= 0.3 is 0 Å². The zero-order valence-electron chi connectivity index (χ0n) is 11.7. The molecule has 0 aromatic heterocycles. The molecule has 1 N–H and O–H groups in total. The number of fused-ring (bicyclic) bond motifs is 1. The van der Waals surface area contributed by atoms with Crippen molar-refractivity contribution in [2.24, 2.45) is 0 Å². The normalized spacial score (nSPS) is 14.9. The van der Waals surface area contributed by atoms with Crippen molar-refractivity contribution < 1.29 is 14.6 Å². The molecule has 3 nitrogen and oxygen atoms in total. The third kappa shape index (κ3) is 2.37. The molecule has 0 radical (unpaired) electrons. The highest BCUT2D eigenvalue weighted by Crippen LogP contribution is 2.35. The van der Waals surface area contributed by atoms with Gasteiger partial charge in [-0.3, -0.25) is 0 Å². The summed E-state index contributed by atoms with van der Waals surface area (Å²) >= 11 is 0. The first-order valence-electron chi connectivity index (χ1n) is 6.80. The number of hydrogen-bond acceptors (Lipinski definition) is 3. The maximum atomic E-state index is 10.6. The van der Waals surface area contributed by atoms with E-state index in [9.17, 15) is 5.11 Å². The molecule has 2 aromatic carbocycles. The number of hydrogen-bond donors (Lipinski definition) is 1. The summed E-state index contributed by atoms with van der Waals surface area (Å²) in [6.45, 7) is 5.16. The van der Waals surface area contributed by atoms with E-state index in [1.807, 2.05) is 44.2 Å². The molecule has 1 aliphatic heterocycles. The maximum Gasteiger partial charge on any atom is 0.161 e. The maximum absolute atomic E-state index is 10.6. The lowest BCUT2D eigenvalue weighted by molar-refractivity contribution is 0.169. The Balaban J connectivity index is 1.97. The van der Waals surface area contributed by atoms with Crippen LogP contribution in [0.2, 0.25) is 0 Å². The topological polar surface area (TPSA) is 38.7 Å². The van der Waals surface area contributed by atoms with Gasteiger partial charge in [-0.1, -0.05) is 29.8 Å². The standard InChI is InChI=1S/C17H18O3/c1-11-3-4-12(2)14(9-11)17(18)13-5-6-15-16(10-13)20-8-7-19-15/h3-6,9-10,17-18H,7-8H2,1-2H3. The molecule has 20 heavy (non-hydrogen) atoms. The van der Waals surface area contributed by atoms with E-state index in [2.05, 4.69) is 6.07 Å². The van der Waals surface area contributed by atoms with E-state index in [1.54, 1.807) is 0 Å². The van der Waals surface area contributed by atoms with Crippen LogP contribution in [0.3, 0.4) is 0 Å². The lowest BCUT2D eigenvalue weighted by Gasteiger charge is -2.21. The van der Waals surface area contributed by atoms with Crippen LogP contribution >= 0.6 is 0 Å². The second kappa shape index (κ2) is 5.17. The van der Waals surface area contributed by atoms with E-state index in [1.165, 1.54) is 0 Å². The van der Waals surface area contributed by atoms with Crippen LogP contribution in [-0.4, -0.2) is 18.3 Å². The van der Waals surface area contributed by atoms with Gasteiger partial charge < -0.3 is 14.6 Å². The van der Waals surface area contributed by atoms with E-state index >= 15 is 0 Å². The molecule has 0 aliphatic carbocycles. The highest BCUT2D eigenvalue weighted by atomic mass is 16.6. The van der Waals surface area contributed by atoms with Crippen molar-refractivity contribution in [3.8, 4) is 11.5 Å². The van der Waals surface area contributed by atoms with Crippen LogP contribution in [0.15, 0.2) is 36.4 Å². The molecule has 2 aromatic rings. The summed E-state index contributed by atoms with van der Waals surface area (Å²) in [7, 11) is 0. The predicted octanol–water partition coefficient (Wildman–Crippen LogP) is 3.16. The van der Waals surface area contributed by atoms with Gasteiger partial charge in [0.25, 0.3) is 0 Å². The molecule has 3 rings (SSSR count). The van der Waals surface area contributed by atoms with Crippen LogP contribution in [0.5, 0.6) is 11.5 Å². The first-order chi connectivity index (χ1) is 9.65. The first kappa shape index (κ1) is 13.0. The van der Waals surface area contributed by atoms with Crippen molar-refractivity contribution in [1.82, 2.24) is 0 Å². The summed E-state index contributed by atoms with van der Waals surface area (Å²) < 4.78 is 11.1. The molecule has 0 saturated heterocycles. The van der Waals surface area contributed by atoms with Crippen molar-refractivity contribution >= 4 is 0 Å². The second-order valence-electron chi connectivity index (χ2n) is 5.17. The Morgan fingerprint density at radius 1 is 0.950 bits per heavy atom. The Kier molecular flexibility index (Phi) is 3.36. The zero-order valence-corrected chi connectivity index (χ0v) is 11.7. The van der Waals surface area contributed by atoms with Gasteiger partial charge in [-0.05, 0) is 42.7 Å². The highest BCUT2D eigenvalue weighted by Gasteiger charge is 2.17. The van der Waals surface area contributed by atoms with Crippen LogP contribution in [0.4, 0.5) is 0 Å². The van der Waals surface area contributed by atoms with Crippen LogP contribution in [0, 0.1) is 13.8 Å². The largest absolute Gasteiger partial charge is 0.486 e. The third-order valence-corrected chi connectivity index (χ3v) is 3.61. The van der Waals surface area contributed by atoms with E-state index < -0.39 is 6.10 Å². The Hall–Kier alpha value is -2.00. The lowest BCUT2D eigenvalue weighted by atomic mass is 9.95. The van der Waals surface area contributed by atoms with Gasteiger partial charge in [-0.2, -0.15) is 0 Å². The van der Waals surface area contributed by atoms with E-state index in [-0.39, 0.29) is 0 Å². The third-order valence-electron chi connectivity index (χ3n) is 3.61. The summed E-state index contributed by atoms with van der Waals surface area (Å²) in [6.07, 6.45) is -0.647. The molecule has 0 fully saturated rings. The Morgan fingerprint density at radius 2 is 1.70 bits per heavy atom. The van der Waals surface area contributed by atoms with Gasteiger partial charge in [0, 0.05) is 0 Å². The molecule has 1 unspecified atom stereocenters. The number of aliphatic hydroxyl groups excluding tert-OH is 1. The van der Waals surface area contributed by atoms with Crippen LogP contribution in [-0.2, 0) is 0 Å². The molecule has 0 bridgehead atoms. The average Bonchev–Trinajstić information content (AvgIpc) is 2.48. The second-order valence-corrected chi connectivity index (χ2v) is 5.17. The Bertz CT molecular complexity index is 634. The van der Waals surface area contributed by atoms with E-state index in [0.29, 0.717) is 19.0 Å². The van der Waals surface area contributed by atoms with Crippen molar-refractivity contribution in [2.75, 3.05) is 13.2 Å². The zero-order chi connectivity index (χ0) is 14.1. The first-order valence-corrected chi connectivity index (χ1v) is 6.80. The Labute approximate surface area is 118 Å². The highest BCUT2D eigenvalue weighted by molar-refractivity contribution is 5.47. The monoisotopic (exact) mass is 270 g/mol. The molecule has 0 amide bonds. The molecular formula is C17H18O3. The number of rotatable bonds is 2. The number of aliphatic hydroxyl groups is 1. The minimum Gasteiger partial charge on any atom is -0.486 e. The molecule has 3 heteroatoms.